The third kappa shape index (κ3) is 7.05. The molecule has 4 N–H and O–H groups in total. The molecule has 16 nitrogen and oxygen atoms in total. The van der Waals surface area contributed by atoms with Crippen LogP contribution in [0, 0.1) is 13.8 Å². The first kappa shape index (κ1) is 38.0. The van der Waals surface area contributed by atoms with Crippen LogP contribution in [0.15, 0.2) is 40.9 Å². The van der Waals surface area contributed by atoms with Crippen LogP contribution in [0.25, 0.3) is 33.1 Å². The lowest BCUT2D eigenvalue weighted by atomic mass is 9.98. The van der Waals surface area contributed by atoms with E-state index in [9.17, 15) is 19.2 Å². The second-order valence-corrected chi connectivity index (χ2v) is 15.6. The monoisotopic (exact) mass is 798 g/mol. The minimum absolute atomic E-state index is 0.0273. The number of carbonyl (C=O) groups is 4. The maximum atomic E-state index is 13.7. The van der Waals surface area contributed by atoms with Gasteiger partial charge in [-0.1, -0.05) is 23.7 Å². The molecular formula is C43H46N10O6. The fraction of sp³-hybridized carbons (Fsp3) is 0.395. The Morgan fingerprint density at radius 3 is 2.63 bits per heavy atom. The van der Waals surface area contributed by atoms with Gasteiger partial charge < -0.3 is 29.8 Å². The molecule has 1 unspecified atom stereocenters. The molecule has 2 aliphatic heterocycles. The van der Waals surface area contributed by atoms with Crippen molar-refractivity contribution >= 4 is 57.2 Å². The van der Waals surface area contributed by atoms with Crippen molar-refractivity contribution in [3.63, 3.8) is 0 Å². The number of hydrogen-bond donors (Lipinski definition) is 4. The van der Waals surface area contributed by atoms with Crippen molar-refractivity contribution in [1.82, 2.24) is 45.4 Å². The Hall–Kier alpha value is -6.58. The van der Waals surface area contributed by atoms with Gasteiger partial charge in [0.15, 0.2) is 0 Å². The summed E-state index contributed by atoms with van der Waals surface area (Å²) in [6.07, 6.45) is 5.96. The number of aromatic nitrogens is 6. The van der Waals surface area contributed by atoms with Crippen LogP contribution in [0.4, 0.5) is 11.6 Å². The lowest BCUT2D eigenvalue weighted by Crippen LogP contribution is -2.52. The highest BCUT2D eigenvalue weighted by molar-refractivity contribution is 6.14. The molecule has 0 spiro atoms. The highest BCUT2D eigenvalue weighted by Crippen LogP contribution is 2.43. The fourth-order valence-corrected chi connectivity index (χ4v) is 8.51. The van der Waals surface area contributed by atoms with E-state index in [4.69, 9.17) is 24.3 Å². The minimum atomic E-state index is -0.646. The van der Waals surface area contributed by atoms with Gasteiger partial charge in [0.05, 0.1) is 29.4 Å². The summed E-state index contributed by atoms with van der Waals surface area (Å²) in [5, 5.41) is 19.4. The molecule has 304 valence electrons. The molecule has 2 aromatic carbocycles. The summed E-state index contributed by atoms with van der Waals surface area (Å²) in [5.41, 5.74) is 7.36. The number of carbonyl (C=O) groups excluding carboxylic acids is 4. The molecule has 3 aliphatic rings. The van der Waals surface area contributed by atoms with Crippen LogP contribution in [-0.2, 0) is 29.1 Å². The zero-order chi connectivity index (χ0) is 40.9. The summed E-state index contributed by atoms with van der Waals surface area (Å²) in [6.45, 7) is 7.24. The second kappa shape index (κ2) is 15.3. The van der Waals surface area contributed by atoms with Gasteiger partial charge in [0.1, 0.15) is 34.8 Å². The number of piperidine rings is 1. The molecule has 1 saturated heterocycles. The third-order valence-electron chi connectivity index (χ3n) is 11.7. The van der Waals surface area contributed by atoms with Crippen LogP contribution < -0.4 is 20.7 Å². The number of nitrogens with one attached hydrogen (secondary N) is 4. The number of aryl methyl sites for hydroxylation is 4. The van der Waals surface area contributed by atoms with Crippen molar-refractivity contribution in [2.75, 3.05) is 19.0 Å². The van der Waals surface area contributed by atoms with Crippen LogP contribution in [-0.4, -0.2) is 78.1 Å². The maximum absolute atomic E-state index is 13.7. The summed E-state index contributed by atoms with van der Waals surface area (Å²) in [7, 11) is 1.63. The highest BCUT2D eigenvalue weighted by Gasteiger charge is 2.39. The SMILES string of the molecule is CCn1nc(C2CC2)cc1Nc1nc(C(=O)NCCCCCc2cccc3c2CN(C2CCC(=O)NC2=O)C3=O)nc2[nH]c3cc(-c4c(C)noc4C)c(OC)cc3c12. The number of nitrogens with zero attached hydrogens (tertiary/aromatic N) is 6. The van der Waals surface area contributed by atoms with Crippen molar-refractivity contribution in [1.29, 1.82) is 0 Å². The number of anilines is 2. The summed E-state index contributed by atoms with van der Waals surface area (Å²) in [4.78, 5) is 65.8. The topological polar surface area (TPSA) is 202 Å². The molecule has 6 heterocycles. The molecule has 16 heteroatoms. The molecule has 1 atom stereocenters. The molecule has 0 bridgehead atoms. The van der Waals surface area contributed by atoms with Crippen molar-refractivity contribution in [2.45, 2.75) is 97.2 Å². The summed E-state index contributed by atoms with van der Waals surface area (Å²) in [6, 6.07) is 11.1. The van der Waals surface area contributed by atoms with Crippen LogP contribution in [0.3, 0.4) is 0 Å². The van der Waals surface area contributed by atoms with Gasteiger partial charge in [0.25, 0.3) is 11.8 Å². The Morgan fingerprint density at radius 2 is 1.88 bits per heavy atom. The lowest BCUT2D eigenvalue weighted by Gasteiger charge is -2.29. The van der Waals surface area contributed by atoms with Crippen molar-refractivity contribution in [3.8, 4) is 16.9 Å². The van der Waals surface area contributed by atoms with Gasteiger partial charge in [-0.05, 0) is 88.6 Å². The van der Waals surface area contributed by atoms with E-state index in [1.165, 1.54) is 0 Å². The molecule has 6 aromatic rings. The van der Waals surface area contributed by atoms with Crippen molar-refractivity contribution < 1.29 is 28.4 Å². The molecule has 59 heavy (non-hydrogen) atoms. The number of fused-ring (bicyclic) bond motifs is 4. The van der Waals surface area contributed by atoms with Crippen molar-refractivity contribution in [3.05, 3.63) is 76.1 Å². The van der Waals surface area contributed by atoms with E-state index >= 15 is 0 Å². The zero-order valence-electron chi connectivity index (χ0n) is 33.5. The molecular weight excluding hydrogens is 753 g/mol. The van der Waals surface area contributed by atoms with Gasteiger partial charge in [-0.15, -0.1) is 0 Å². The van der Waals surface area contributed by atoms with Gasteiger partial charge in [0, 0.05) is 60.1 Å². The number of hydrogen-bond acceptors (Lipinski definition) is 11. The Bertz CT molecular complexity index is 2650. The Balaban J connectivity index is 0.917. The van der Waals surface area contributed by atoms with E-state index in [1.54, 1.807) is 18.1 Å². The maximum Gasteiger partial charge on any atom is 0.289 e. The highest BCUT2D eigenvalue weighted by atomic mass is 16.5. The van der Waals surface area contributed by atoms with Crippen LogP contribution in [0.1, 0.15) is 107 Å². The van der Waals surface area contributed by atoms with Gasteiger partial charge in [-0.3, -0.25) is 24.5 Å². The summed E-state index contributed by atoms with van der Waals surface area (Å²) in [5.74, 6) is 1.77. The third-order valence-corrected chi connectivity index (χ3v) is 11.7. The van der Waals surface area contributed by atoms with Gasteiger partial charge in [-0.25, -0.2) is 14.6 Å². The predicted octanol–water partition coefficient (Wildman–Crippen LogP) is 6.13. The Labute approximate surface area is 339 Å². The number of aromatic amines is 1. The average molecular weight is 799 g/mol. The van der Waals surface area contributed by atoms with E-state index in [1.807, 2.05) is 49.7 Å². The molecule has 2 fully saturated rings. The first-order chi connectivity index (χ1) is 28.6. The number of H-pyrrole nitrogens is 1. The van der Waals surface area contributed by atoms with E-state index in [-0.39, 0.29) is 24.1 Å². The molecule has 1 aliphatic carbocycles. The molecule has 4 aromatic heterocycles. The van der Waals surface area contributed by atoms with Crippen LogP contribution >= 0.6 is 0 Å². The Kier molecular flexibility index (Phi) is 9.85. The smallest absolute Gasteiger partial charge is 0.289 e. The fourth-order valence-electron chi connectivity index (χ4n) is 8.51. The quantitative estimate of drug-likeness (QED) is 0.0729. The predicted molar refractivity (Wildman–Crippen MR) is 218 cm³/mol. The number of imide groups is 1. The van der Waals surface area contributed by atoms with E-state index < -0.39 is 17.9 Å². The van der Waals surface area contributed by atoms with Crippen LogP contribution in [0.2, 0.25) is 0 Å². The number of unbranched alkanes of at least 4 members (excludes halogenated alkanes) is 2. The minimum Gasteiger partial charge on any atom is -0.496 e. The van der Waals surface area contributed by atoms with Gasteiger partial charge in [0.2, 0.25) is 17.6 Å². The number of benzene rings is 2. The number of ether oxygens (including phenoxy) is 1. The van der Waals surface area contributed by atoms with E-state index in [2.05, 4.69) is 32.2 Å². The molecule has 9 rings (SSSR count). The number of rotatable bonds is 14. The second-order valence-electron chi connectivity index (χ2n) is 15.6. The first-order valence-electron chi connectivity index (χ1n) is 20.3. The number of methoxy groups -OCH3 is 1. The largest absolute Gasteiger partial charge is 0.496 e. The normalized spacial score (nSPS) is 16.6. The molecule has 4 amide bonds. The van der Waals surface area contributed by atoms with Gasteiger partial charge in [-0.2, -0.15) is 5.10 Å². The summed E-state index contributed by atoms with van der Waals surface area (Å²) < 4.78 is 13.3. The lowest BCUT2D eigenvalue weighted by molar-refractivity contribution is -0.136. The van der Waals surface area contributed by atoms with Crippen LogP contribution in [0.5, 0.6) is 5.75 Å². The first-order valence-corrected chi connectivity index (χ1v) is 20.3. The van der Waals surface area contributed by atoms with Gasteiger partial charge >= 0.3 is 0 Å². The van der Waals surface area contributed by atoms with E-state index in [0.717, 1.165) is 88.9 Å². The van der Waals surface area contributed by atoms with Crippen molar-refractivity contribution in [2.24, 2.45) is 0 Å². The standard InChI is InChI=1S/C43H46N10O6/c1-5-53-34(20-30(50-53)25-13-14-25)46-39-37-27-19-33(58-4)28(36-22(2)51-59-23(36)3)18-31(27)45-38(37)48-40(49-39)42(56)44-17-8-6-7-10-24-11-9-12-26-29(24)21-52(43(26)57)32-15-16-35(54)47-41(32)55/h9,11-12,18-20,25,32H,5-8,10,13-17,21H2,1-4H3,(H,44,56)(H,47,54,55)(H2,45,46,48,49). The Morgan fingerprint density at radius 1 is 1.03 bits per heavy atom. The zero-order valence-corrected chi connectivity index (χ0v) is 33.5. The number of amides is 4. The summed E-state index contributed by atoms with van der Waals surface area (Å²) >= 11 is 0. The average Bonchev–Trinajstić information content (AvgIpc) is 3.60. The molecule has 1 saturated carbocycles. The van der Waals surface area contributed by atoms with E-state index in [0.29, 0.717) is 65.9 Å². The molecule has 0 radical (unpaired) electrons.